The first-order valence-electron chi connectivity index (χ1n) is 11.2. The first kappa shape index (κ1) is 20.6. The normalized spacial score (nSPS) is 16.9. The Labute approximate surface area is 188 Å². The molecule has 0 radical (unpaired) electrons. The number of amides is 1. The maximum absolute atomic E-state index is 12.9. The number of ether oxygens (including phenoxy) is 1. The molecule has 0 bridgehead atoms. The number of likely N-dealkylation sites (tertiary alicyclic amines) is 1. The van der Waals surface area contributed by atoms with Gasteiger partial charge in [0, 0.05) is 36.2 Å². The Morgan fingerprint density at radius 1 is 1.03 bits per heavy atom. The van der Waals surface area contributed by atoms with E-state index < -0.39 is 0 Å². The van der Waals surface area contributed by atoms with E-state index in [9.17, 15) is 4.79 Å². The lowest BCUT2D eigenvalue weighted by molar-refractivity contribution is -0.128. The monoisotopic (exact) mass is 427 g/mol. The Balaban J connectivity index is 1.45. The van der Waals surface area contributed by atoms with E-state index in [1.165, 1.54) is 11.1 Å². The van der Waals surface area contributed by atoms with Crippen LogP contribution < -0.4 is 4.74 Å². The summed E-state index contributed by atoms with van der Waals surface area (Å²) < 4.78 is 11.7. The Morgan fingerprint density at radius 3 is 2.50 bits per heavy atom. The molecule has 3 aromatic carbocycles. The summed E-state index contributed by atoms with van der Waals surface area (Å²) in [5.74, 6) is 1.05. The van der Waals surface area contributed by atoms with E-state index in [-0.39, 0.29) is 17.2 Å². The number of carbonyl (C=O) groups excluding carboxylic acids is 1. The lowest BCUT2D eigenvalue weighted by Crippen LogP contribution is -2.24. The minimum atomic E-state index is 0.125. The standard InChI is InChI=1S/C28H29NO3/c1-28(2,3)20-11-9-18(10-12-20)16-29-17-19(15-25(29)30)21-13-14-24(31-4)27-26(21)22-7-5-6-8-23(22)32-27/h5-14,19H,15-17H2,1-4H3. The molecule has 5 rings (SSSR count). The fourth-order valence-corrected chi connectivity index (χ4v) is 4.79. The molecule has 4 aromatic rings. The number of nitrogens with zero attached hydrogens (tertiary/aromatic N) is 1. The average Bonchev–Trinajstić information content (AvgIpc) is 3.34. The molecular weight excluding hydrogens is 398 g/mol. The summed E-state index contributed by atoms with van der Waals surface area (Å²) in [7, 11) is 1.66. The molecule has 2 heterocycles. The van der Waals surface area contributed by atoms with Gasteiger partial charge in [0.1, 0.15) is 5.58 Å². The third-order valence-corrected chi connectivity index (χ3v) is 6.59. The fraction of sp³-hybridized carbons (Fsp3) is 0.321. The third kappa shape index (κ3) is 3.54. The van der Waals surface area contributed by atoms with Crippen LogP contribution in [0.1, 0.15) is 49.8 Å². The molecule has 0 spiro atoms. The van der Waals surface area contributed by atoms with Crippen LogP contribution in [0, 0.1) is 0 Å². The highest BCUT2D eigenvalue weighted by atomic mass is 16.5. The Hall–Kier alpha value is -3.27. The molecule has 4 heteroatoms. The Morgan fingerprint density at radius 2 is 1.78 bits per heavy atom. The minimum Gasteiger partial charge on any atom is -0.493 e. The van der Waals surface area contributed by atoms with Crippen LogP contribution in [0.15, 0.2) is 65.1 Å². The van der Waals surface area contributed by atoms with E-state index in [4.69, 9.17) is 9.15 Å². The van der Waals surface area contributed by atoms with Gasteiger partial charge in [-0.2, -0.15) is 0 Å². The molecule has 164 valence electrons. The predicted octanol–water partition coefficient (Wildman–Crippen LogP) is 6.41. The number of fused-ring (bicyclic) bond motifs is 3. The smallest absolute Gasteiger partial charge is 0.223 e. The summed E-state index contributed by atoms with van der Waals surface area (Å²) in [5, 5.41) is 2.13. The second kappa shape index (κ2) is 7.70. The number of furan rings is 1. The summed E-state index contributed by atoms with van der Waals surface area (Å²) in [6.07, 6.45) is 0.515. The first-order chi connectivity index (χ1) is 15.3. The van der Waals surface area contributed by atoms with Crippen molar-refractivity contribution in [2.45, 2.75) is 45.1 Å². The van der Waals surface area contributed by atoms with Crippen LogP contribution in [0.3, 0.4) is 0 Å². The SMILES string of the molecule is COc1ccc(C2CC(=O)N(Cc3ccc(C(C)(C)C)cc3)C2)c2c1oc1ccccc12. The lowest BCUT2D eigenvalue weighted by Gasteiger charge is -2.21. The van der Waals surface area contributed by atoms with Crippen molar-refractivity contribution in [3.05, 3.63) is 77.4 Å². The minimum absolute atomic E-state index is 0.125. The number of para-hydroxylation sites is 1. The van der Waals surface area contributed by atoms with Crippen molar-refractivity contribution in [3.8, 4) is 5.75 Å². The summed E-state index contributed by atoms with van der Waals surface area (Å²) in [6.45, 7) is 8.00. The van der Waals surface area contributed by atoms with Gasteiger partial charge < -0.3 is 14.1 Å². The van der Waals surface area contributed by atoms with Crippen LogP contribution in [0.4, 0.5) is 0 Å². The second-order valence-corrected chi connectivity index (χ2v) is 9.78. The van der Waals surface area contributed by atoms with Gasteiger partial charge in [0.05, 0.1) is 7.11 Å². The van der Waals surface area contributed by atoms with Crippen LogP contribution in [0.5, 0.6) is 5.75 Å². The highest BCUT2D eigenvalue weighted by molar-refractivity contribution is 6.09. The molecule has 1 fully saturated rings. The predicted molar refractivity (Wildman–Crippen MR) is 128 cm³/mol. The van der Waals surface area contributed by atoms with Gasteiger partial charge in [0.25, 0.3) is 0 Å². The van der Waals surface area contributed by atoms with Crippen molar-refractivity contribution in [2.24, 2.45) is 0 Å². The molecule has 1 aliphatic heterocycles. The molecule has 1 aromatic heterocycles. The largest absolute Gasteiger partial charge is 0.493 e. The zero-order valence-electron chi connectivity index (χ0n) is 19.1. The van der Waals surface area contributed by atoms with Gasteiger partial charge >= 0.3 is 0 Å². The van der Waals surface area contributed by atoms with Crippen molar-refractivity contribution < 1.29 is 13.9 Å². The van der Waals surface area contributed by atoms with E-state index >= 15 is 0 Å². The van der Waals surface area contributed by atoms with Crippen molar-refractivity contribution in [1.29, 1.82) is 0 Å². The number of rotatable bonds is 4. The molecule has 0 aliphatic carbocycles. The van der Waals surface area contributed by atoms with Crippen molar-refractivity contribution >= 4 is 27.8 Å². The molecule has 1 saturated heterocycles. The second-order valence-electron chi connectivity index (χ2n) is 9.78. The molecule has 1 unspecified atom stereocenters. The summed E-state index contributed by atoms with van der Waals surface area (Å²) >= 11 is 0. The van der Waals surface area contributed by atoms with E-state index in [1.807, 2.05) is 29.2 Å². The van der Waals surface area contributed by atoms with Gasteiger partial charge in [-0.15, -0.1) is 0 Å². The molecule has 32 heavy (non-hydrogen) atoms. The van der Waals surface area contributed by atoms with E-state index in [0.717, 1.165) is 33.3 Å². The molecule has 0 saturated carbocycles. The number of benzene rings is 3. The topological polar surface area (TPSA) is 42.7 Å². The van der Waals surface area contributed by atoms with Crippen LogP contribution in [0.25, 0.3) is 21.9 Å². The van der Waals surface area contributed by atoms with Crippen LogP contribution >= 0.6 is 0 Å². The van der Waals surface area contributed by atoms with Crippen molar-refractivity contribution in [3.63, 3.8) is 0 Å². The zero-order chi connectivity index (χ0) is 22.5. The van der Waals surface area contributed by atoms with Gasteiger partial charge in [-0.1, -0.05) is 69.3 Å². The number of carbonyl (C=O) groups is 1. The number of hydrogen-bond donors (Lipinski definition) is 0. The Bertz CT molecular complexity index is 1290. The summed E-state index contributed by atoms with van der Waals surface area (Å²) in [4.78, 5) is 14.9. The van der Waals surface area contributed by atoms with E-state index in [2.05, 4.69) is 57.2 Å². The summed E-state index contributed by atoms with van der Waals surface area (Å²) in [6, 6.07) is 20.8. The van der Waals surface area contributed by atoms with Crippen molar-refractivity contribution in [1.82, 2.24) is 4.90 Å². The van der Waals surface area contributed by atoms with Gasteiger partial charge in [-0.05, 0) is 34.2 Å². The first-order valence-corrected chi connectivity index (χ1v) is 11.2. The molecule has 1 aliphatic rings. The molecule has 1 amide bonds. The maximum Gasteiger partial charge on any atom is 0.223 e. The van der Waals surface area contributed by atoms with Crippen LogP contribution in [-0.4, -0.2) is 24.5 Å². The van der Waals surface area contributed by atoms with Gasteiger partial charge in [0.15, 0.2) is 11.3 Å². The van der Waals surface area contributed by atoms with Gasteiger partial charge in [0.2, 0.25) is 5.91 Å². The summed E-state index contributed by atoms with van der Waals surface area (Å²) in [5.41, 5.74) is 5.35. The quantitative estimate of drug-likeness (QED) is 0.378. The maximum atomic E-state index is 12.9. The highest BCUT2D eigenvalue weighted by Gasteiger charge is 2.33. The number of hydrogen-bond acceptors (Lipinski definition) is 3. The van der Waals surface area contributed by atoms with Gasteiger partial charge in [-0.25, -0.2) is 0 Å². The van der Waals surface area contributed by atoms with Gasteiger partial charge in [-0.3, -0.25) is 4.79 Å². The van der Waals surface area contributed by atoms with Crippen LogP contribution in [-0.2, 0) is 16.8 Å². The van der Waals surface area contributed by atoms with Crippen molar-refractivity contribution in [2.75, 3.05) is 13.7 Å². The third-order valence-electron chi connectivity index (χ3n) is 6.59. The highest BCUT2D eigenvalue weighted by Crippen LogP contribution is 2.42. The molecule has 1 atom stereocenters. The molecule has 4 nitrogen and oxygen atoms in total. The average molecular weight is 428 g/mol. The zero-order valence-corrected chi connectivity index (χ0v) is 19.1. The molecule has 0 N–H and O–H groups in total. The lowest BCUT2D eigenvalue weighted by atomic mass is 9.87. The Kier molecular flexibility index (Phi) is 4.96. The van der Waals surface area contributed by atoms with Crippen LogP contribution in [0.2, 0.25) is 0 Å². The fourth-order valence-electron chi connectivity index (χ4n) is 4.79. The van der Waals surface area contributed by atoms with E-state index in [1.54, 1.807) is 7.11 Å². The molecular formula is C28H29NO3. The number of methoxy groups -OCH3 is 1. The van der Waals surface area contributed by atoms with E-state index in [0.29, 0.717) is 19.5 Å².